The topological polar surface area (TPSA) is 78.6 Å². The Morgan fingerprint density at radius 1 is 1.33 bits per heavy atom. The van der Waals surface area contributed by atoms with Crippen LogP contribution in [0.25, 0.3) is 11.0 Å². The number of hydrogen-bond acceptors (Lipinski definition) is 4. The number of aliphatic hydroxyl groups excluding tert-OH is 1. The Balaban J connectivity index is 2.31. The Hall–Kier alpha value is -1.50. The third-order valence-corrected chi connectivity index (χ3v) is 4.24. The van der Waals surface area contributed by atoms with Gasteiger partial charge in [-0.15, -0.1) is 23.2 Å². The van der Waals surface area contributed by atoms with Crippen molar-refractivity contribution in [2.45, 2.75) is 18.9 Å². The van der Waals surface area contributed by atoms with Crippen LogP contribution in [0.15, 0.2) is 18.2 Å². The first-order chi connectivity index (χ1) is 11.5. The molecule has 8 heteroatoms. The van der Waals surface area contributed by atoms with Crippen molar-refractivity contribution in [3.05, 3.63) is 24.0 Å². The van der Waals surface area contributed by atoms with Gasteiger partial charge < -0.3 is 19.7 Å². The molecule has 0 aliphatic heterocycles. The molecule has 0 fully saturated rings. The van der Waals surface area contributed by atoms with E-state index in [0.29, 0.717) is 30.7 Å². The zero-order chi connectivity index (χ0) is 17.7. The number of anilines is 1. The van der Waals surface area contributed by atoms with Crippen LogP contribution < -0.4 is 4.90 Å². The van der Waals surface area contributed by atoms with Gasteiger partial charge in [-0.2, -0.15) is 0 Å². The summed E-state index contributed by atoms with van der Waals surface area (Å²) < 4.78 is 1.79. The number of fused-ring (bicyclic) bond motifs is 1. The highest BCUT2D eigenvalue weighted by atomic mass is 35.5. The third kappa shape index (κ3) is 4.32. The fraction of sp³-hybridized carbons (Fsp3) is 0.500. The second kappa shape index (κ2) is 8.55. The largest absolute Gasteiger partial charge is 0.481 e. The molecule has 0 saturated carbocycles. The number of hydrogen-bond donors (Lipinski definition) is 2. The number of aliphatic hydroxyl groups is 1. The van der Waals surface area contributed by atoms with Crippen LogP contribution >= 0.6 is 23.2 Å². The van der Waals surface area contributed by atoms with Crippen molar-refractivity contribution in [1.82, 2.24) is 9.55 Å². The maximum Gasteiger partial charge on any atom is 0.303 e. The number of benzene rings is 1. The van der Waals surface area contributed by atoms with E-state index in [2.05, 4.69) is 9.88 Å². The lowest BCUT2D eigenvalue weighted by molar-refractivity contribution is -0.137. The van der Waals surface area contributed by atoms with Gasteiger partial charge in [0.1, 0.15) is 11.9 Å². The van der Waals surface area contributed by atoms with E-state index < -0.39 is 12.1 Å². The molecule has 1 atom stereocenters. The number of aryl methyl sites for hydroxylation is 1. The predicted octanol–water partition coefficient (Wildman–Crippen LogP) is 2.76. The summed E-state index contributed by atoms with van der Waals surface area (Å²) in [6, 6.07) is 5.83. The Morgan fingerprint density at radius 3 is 2.58 bits per heavy atom. The molecule has 0 spiro atoms. The van der Waals surface area contributed by atoms with E-state index in [0.717, 1.165) is 16.7 Å². The van der Waals surface area contributed by atoms with Crippen LogP contribution in [-0.2, 0) is 11.8 Å². The van der Waals surface area contributed by atoms with Crippen molar-refractivity contribution in [2.24, 2.45) is 7.05 Å². The number of aromatic nitrogens is 2. The van der Waals surface area contributed by atoms with Crippen LogP contribution in [-0.4, -0.2) is 50.6 Å². The molecular weight excluding hydrogens is 353 g/mol. The standard InChI is InChI=1S/C16H21Cl2N3O3/c1-20-13-3-2-11(21(8-6-17)9-7-18)10-12(13)19-16(20)14(22)4-5-15(23)24/h2-3,10,14,22H,4-9H2,1H3,(H,23,24). The summed E-state index contributed by atoms with van der Waals surface area (Å²) in [4.78, 5) is 17.2. The molecule has 1 aromatic heterocycles. The van der Waals surface area contributed by atoms with Crippen molar-refractivity contribution in [3.8, 4) is 0 Å². The van der Waals surface area contributed by atoms with Crippen molar-refractivity contribution in [3.63, 3.8) is 0 Å². The van der Waals surface area contributed by atoms with E-state index >= 15 is 0 Å². The van der Waals surface area contributed by atoms with Crippen molar-refractivity contribution in [2.75, 3.05) is 29.7 Å². The van der Waals surface area contributed by atoms with E-state index in [1.165, 1.54) is 0 Å². The van der Waals surface area contributed by atoms with Crippen LogP contribution in [0.4, 0.5) is 5.69 Å². The van der Waals surface area contributed by atoms with Gasteiger partial charge in [0.25, 0.3) is 0 Å². The zero-order valence-corrected chi connectivity index (χ0v) is 15.0. The maximum absolute atomic E-state index is 10.7. The molecule has 2 N–H and O–H groups in total. The number of alkyl halides is 2. The second-order valence-corrected chi connectivity index (χ2v) is 6.27. The number of carboxylic acid groups (broad SMARTS) is 1. The van der Waals surface area contributed by atoms with Crippen molar-refractivity contribution >= 4 is 45.9 Å². The first kappa shape index (κ1) is 18.8. The SMILES string of the molecule is Cn1c(C(O)CCC(=O)O)nc2cc(N(CCCl)CCCl)ccc21. The molecule has 0 saturated heterocycles. The number of nitrogens with zero attached hydrogens (tertiary/aromatic N) is 3. The minimum absolute atomic E-state index is 0.102. The highest BCUT2D eigenvalue weighted by Gasteiger charge is 2.18. The van der Waals surface area contributed by atoms with Gasteiger partial charge in [-0.25, -0.2) is 4.98 Å². The fourth-order valence-corrected chi connectivity index (χ4v) is 3.07. The molecule has 2 rings (SSSR count). The van der Waals surface area contributed by atoms with Crippen LogP contribution in [0.1, 0.15) is 24.8 Å². The molecule has 24 heavy (non-hydrogen) atoms. The van der Waals surface area contributed by atoms with Crippen LogP contribution in [0.2, 0.25) is 0 Å². The molecule has 0 radical (unpaired) electrons. The van der Waals surface area contributed by atoms with Crippen molar-refractivity contribution < 1.29 is 15.0 Å². The van der Waals surface area contributed by atoms with Crippen LogP contribution in [0.5, 0.6) is 0 Å². The van der Waals surface area contributed by atoms with Gasteiger partial charge >= 0.3 is 5.97 Å². The normalized spacial score (nSPS) is 12.5. The second-order valence-electron chi connectivity index (χ2n) is 5.52. The molecule has 132 valence electrons. The van der Waals surface area contributed by atoms with E-state index in [-0.39, 0.29) is 12.8 Å². The molecule has 0 aliphatic rings. The number of carbonyl (C=O) groups is 1. The molecule has 1 aromatic carbocycles. The van der Waals surface area contributed by atoms with Gasteiger partial charge in [0.2, 0.25) is 0 Å². The summed E-state index contributed by atoms with van der Waals surface area (Å²) in [6.45, 7) is 1.36. The third-order valence-electron chi connectivity index (χ3n) is 3.90. The Labute approximate surface area is 150 Å². The molecule has 1 unspecified atom stereocenters. The first-order valence-corrected chi connectivity index (χ1v) is 8.78. The summed E-state index contributed by atoms with van der Waals surface area (Å²) in [7, 11) is 1.81. The molecule has 0 aliphatic carbocycles. The smallest absolute Gasteiger partial charge is 0.303 e. The van der Waals surface area contributed by atoms with Crippen LogP contribution in [0.3, 0.4) is 0 Å². The van der Waals surface area contributed by atoms with E-state index in [1.807, 2.05) is 25.2 Å². The summed E-state index contributed by atoms with van der Waals surface area (Å²) in [5.41, 5.74) is 2.59. The minimum Gasteiger partial charge on any atom is -0.481 e. The number of rotatable bonds is 9. The lowest BCUT2D eigenvalue weighted by Gasteiger charge is -2.22. The van der Waals surface area contributed by atoms with E-state index in [4.69, 9.17) is 28.3 Å². The van der Waals surface area contributed by atoms with Gasteiger partial charge in [-0.1, -0.05) is 0 Å². The predicted molar refractivity (Wildman–Crippen MR) is 96.2 cm³/mol. The van der Waals surface area contributed by atoms with E-state index in [9.17, 15) is 9.90 Å². The highest BCUT2D eigenvalue weighted by molar-refractivity contribution is 6.18. The Kier molecular flexibility index (Phi) is 6.71. The maximum atomic E-state index is 10.7. The number of imidazole rings is 1. The average Bonchev–Trinajstić information content (AvgIpc) is 2.89. The monoisotopic (exact) mass is 373 g/mol. The summed E-state index contributed by atoms with van der Waals surface area (Å²) in [6.07, 6.45) is -0.887. The van der Waals surface area contributed by atoms with Gasteiger partial charge in [-0.05, 0) is 24.6 Å². The fourth-order valence-electron chi connectivity index (χ4n) is 2.66. The van der Waals surface area contributed by atoms with Gasteiger partial charge in [-0.3, -0.25) is 4.79 Å². The Bertz CT molecular complexity index is 699. The van der Waals surface area contributed by atoms with Gasteiger partial charge in [0, 0.05) is 44.0 Å². The lowest BCUT2D eigenvalue weighted by Crippen LogP contribution is -2.27. The average molecular weight is 374 g/mol. The van der Waals surface area contributed by atoms with Crippen molar-refractivity contribution in [1.29, 1.82) is 0 Å². The number of halogens is 2. The summed E-state index contributed by atoms with van der Waals surface area (Å²) >= 11 is 11.7. The molecular formula is C16H21Cl2N3O3. The Morgan fingerprint density at radius 2 is 2.00 bits per heavy atom. The molecule has 2 aromatic rings. The molecule has 1 heterocycles. The van der Waals surface area contributed by atoms with Gasteiger partial charge in [0.05, 0.1) is 11.0 Å². The van der Waals surface area contributed by atoms with E-state index in [1.54, 1.807) is 4.57 Å². The minimum atomic E-state index is -0.937. The quantitative estimate of drug-likeness (QED) is 0.660. The lowest BCUT2D eigenvalue weighted by atomic mass is 10.2. The molecule has 6 nitrogen and oxygen atoms in total. The number of aliphatic carboxylic acids is 1. The number of carboxylic acids is 1. The molecule has 0 bridgehead atoms. The summed E-state index contributed by atoms with van der Waals surface area (Å²) in [5, 5.41) is 19.0. The summed E-state index contributed by atoms with van der Waals surface area (Å²) in [5.74, 6) is 0.518. The highest BCUT2D eigenvalue weighted by Crippen LogP contribution is 2.26. The molecule has 0 amide bonds. The first-order valence-electron chi connectivity index (χ1n) is 7.71. The zero-order valence-electron chi connectivity index (χ0n) is 13.5. The van der Waals surface area contributed by atoms with Crippen LogP contribution in [0, 0.1) is 0 Å². The van der Waals surface area contributed by atoms with Gasteiger partial charge in [0.15, 0.2) is 0 Å².